The quantitative estimate of drug-likeness (QED) is 0.111. The van der Waals surface area contributed by atoms with Gasteiger partial charge < -0.3 is 9.13 Å². The molecule has 4 aromatic carbocycles. The van der Waals surface area contributed by atoms with Crippen LogP contribution < -0.4 is 10.6 Å². The first-order valence-electron chi connectivity index (χ1n) is 21.1. The minimum absolute atomic E-state index is 0.163. The highest BCUT2D eigenvalue weighted by atomic mass is 16.6. The summed E-state index contributed by atoms with van der Waals surface area (Å²) in [5.41, 5.74) is 9.58. The lowest BCUT2D eigenvalue weighted by Gasteiger charge is -2.19. The van der Waals surface area contributed by atoms with Gasteiger partial charge in [-0.25, -0.2) is 9.97 Å². The van der Waals surface area contributed by atoms with Crippen molar-refractivity contribution in [2.24, 2.45) is 0 Å². The Hall–Kier alpha value is -7.72. The van der Waals surface area contributed by atoms with Gasteiger partial charge in [0, 0.05) is 73.3 Å². The maximum absolute atomic E-state index is 11.5. The molecule has 0 saturated carbocycles. The van der Waals surface area contributed by atoms with Gasteiger partial charge in [0.05, 0.1) is 33.4 Å². The molecule has 0 bridgehead atoms. The molecule has 3 heterocycles. The fourth-order valence-electron chi connectivity index (χ4n) is 9.67. The minimum atomic E-state index is -0.787. The van der Waals surface area contributed by atoms with Gasteiger partial charge in [-0.2, -0.15) is 0 Å². The number of nitro groups is 2. The molecule has 10 nitrogen and oxygen atoms in total. The summed E-state index contributed by atoms with van der Waals surface area (Å²) >= 11 is 0. The summed E-state index contributed by atoms with van der Waals surface area (Å²) in [4.78, 5) is 32.5. The molecule has 0 saturated heterocycles. The molecule has 7 aromatic rings. The van der Waals surface area contributed by atoms with Crippen molar-refractivity contribution in [3.05, 3.63) is 205 Å². The normalized spacial score (nSPS) is 19.4. The predicted molar refractivity (Wildman–Crippen MR) is 246 cm³/mol. The van der Waals surface area contributed by atoms with E-state index in [9.17, 15) is 20.2 Å². The highest BCUT2D eigenvalue weighted by molar-refractivity contribution is 6.09. The number of allylic oxidation sites excluding steroid dienone is 10. The van der Waals surface area contributed by atoms with Gasteiger partial charge in [0.25, 0.3) is 0 Å². The van der Waals surface area contributed by atoms with Crippen molar-refractivity contribution in [3.8, 4) is 17.1 Å². The minimum Gasteiger partial charge on any atom is -0.333 e. The van der Waals surface area contributed by atoms with E-state index in [4.69, 9.17) is 9.97 Å². The highest BCUT2D eigenvalue weighted by Gasteiger charge is 2.24. The third-order valence-electron chi connectivity index (χ3n) is 12.8. The van der Waals surface area contributed by atoms with Gasteiger partial charge in [0.15, 0.2) is 5.82 Å². The summed E-state index contributed by atoms with van der Waals surface area (Å²) in [5.74, 6) is 0.688. The predicted octanol–water partition coefficient (Wildman–Crippen LogP) is 10.3. The van der Waals surface area contributed by atoms with Gasteiger partial charge in [-0.1, -0.05) is 115 Å². The Labute approximate surface area is 356 Å². The van der Waals surface area contributed by atoms with E-state index in [2.05, 4.69) is 124 Å². The van der Waals surface area contributed by atoms with Crippen LogP contribution in [-0.4, -0.2) is 35.0 Å². The second-order valence-corrected chi connectivity index (χ2v) is 16.4. The van der Waals surface area contributed by atoms with Crippen molar-refractivity contribution in [2.75, 3.05) is 0 Å². The van der Waals surface area contributed by atoms with E-state index in [1.807, 2.05) is 24.3 Å². The van der Waals surface area contributed by atoms with Gasteiger partial charge >= 0.3 is 0 Å². The number of fused-ring (bicyclic) bond motifs is 6. The Bertz CT molecular complexity index is 3380. The SMILES string of the molecule is O=[N+]([O-])C1=CC=C(c2cc(C3=CCC([N+](=O)[O-])C=C3)nc(-c3cccc(-n4c5ccccc5c5ccc(C6C=c7c(n(C8C=CC=CC8)c8ccccc78)=CC6)cc54)c3)n2)CC1. The highest BCUT2D eigenvalue weighted by Crippen LogP contribution is 2.37. The van der Waals surface area contributed by atoms with Gasteiger partial charge in [-0.05, 0) is 78.4 Å². The topological polar surface area (TPSA) is 122 Å². The maximum Gasteiger partial charge on any atom is 0.246 e. The zero-order chi connectivity index (χ0) is 41.9. The molecule has 10 heteroatoms. The molecule has 3 atom stereocenters. The number of nitrogens with zero attached hydrogens (tertiary/aromatic N) is 6. The molecule has 4 aliphatic carbocycles. The first-order valence-corrected chi connectivity index (χ1v) is 21.1. The molecule has 0 aliphatic heterocycles. The van der Waals surface area contributed by atoms with Crippen LogP contribution in [0, 0.1) is 20.2 Å². The number of benzene rings is 4. The van der Waals surface area contributed by atoms with E-state index >= 15 is 0 Å². The average molecular weight is 813 g/mol. The van der Waals surface area contributed by atoms with E-state index < -0.39 is 6.04 Å². The van der Waals surface area contributed by atoms with Crippen LogP contribution in [0.15, 0.2) is 157 Å². The Morgan fingerprint density at radius 1 is 0.694 bits per heavy atom. The van der Waals surface area contributed by atoms with Crippen molar-refractivity contribution in [1.29, 1.82) is 0 Å². The number of rotatable bonds is 8. The Morgan fingerprint density at radius 2 is 1.52 bits per heavy atom. The second kappa shape index (κ2) is 15.1. The monoisotopic (exact) mass is 812 g/mol. The van der Waals surface area contributed by atoms with Gasteiger partial charge in [-0.3, -0.25) is 20.2 Å². The van der Waals surface area contributed by atoms with Crippen LogP contribution in [0.5, 0.6) is 0 Å². The number of aromatic nitrogens is 4. The number of hydrogen-bond acceptors (Lipinski definition) is 6. The van der Waals surface area contributed by atoms with Crippen molar-refractivity contribution in [1.82, 2.24) is 19.1 Å². The lowest BCUT2D eigenvalue weighted by Crippen LogP contribution is -2.34. The molecule has 0 spiro atoms. The molecular formula is C52H40N6O4. The fraction of sp³-hybridized carbons (Fsp3) is 0.154. The largest absolute Gasteiger partial charge is 0.333 e. The number of para-hydroxylation sites is 2. The van der Waals surface area contributed by atoms with Crippen molar-refractivity contribution in [2.45, 2.75) is 50.1 Å². The zero-order valence-electron chi connectivity index (χ0n) is 33.7. The third kappa shape index (κ3) is 6.42. The smallest absolute Gasteiger partial charge is 0.246 e. The van der Waals surface area contributed by atoms with E-state index in [0.717, 1.165) is 51.7 Å². The Kier molecular flexibility index (Phi) is 9.07. The van der Waals surface area contributed by atoms with Crippen LogP contribution in [0.3, 0.4) is 0 Å². The fourth-order valence-corrected chi connectivity index (χ4v) is 9.67. The number of hydrogen-bond donors (Lipinski definition) is 0. The summed E-state index contributed by atoms with van der Waals surface area (Å²) < 4.78 is 4.84. The molecule has 0 N–H and O–H groups in total. The molecule has 302 valence electrons. The maximum atomic E-state index is 11.5. The first kappa shape index (κ1) is 37.3. The molecule has 0 fully saturated rings. The molecule has 3 unspecified atom stereocenters. The summed E-state index contributed by atoms with van der Waals surface area (Å²) in [6.45, 7) is 0. The van der Waals surface area contributed by atoms with E-state index in [0.29, 0.717) is 30.1 Å². The van der Waals surface area contributed by atoms with Crippen LogP contribution in [0.25, 0.3) is 73.1 Å². The van der Waals surface area contributed by atoms with Crippen LogP contribution >= 0.6 is 0 Å². The molecule has 4 aliphatic rings. The van der Waals surface area contributed by atoms with Gasteiger partial charge in [-0.15, -0.1) is 0 Å². The zero-order valence-corrected chi connectivity index (χ0v) is 33.7. The molecule has 3 aromatic heterocycles. The summed E-state index contributed by atoms with van der Waals surface area (Å²) in [6.07, 6.45) is 25.1. The molecular weight excluding hydrogens is 773 g/mol. The second-order valence-electron chi connectivity index (χ2n) is 16.4. The van der Waals surface area contributed by atoms with Gasteiger partial charge in [0.1, 0.15) is 0 Å². The first-order chi connectivity index (χ1) is 30.4. The lowest BCUT2D eigenvalue weighted by atomic mass is 9.91. The van der Waals surface area contributed by atoms with E-state index in [1.165, 1.54) is 32.4 Å². The van der Waals surface area contributed by atoms with Crippen LogP contribution in [-0.2, 0) is 0 Å². The molecule has 62 heavy (non-hydrogen) atoms. The van der Waals surface area contributed by atoms with Crippen LogP contribution in [0.1, 0.15) is 61.0 Å². The third-order valence-corrected chi connectivity index (χ3v) is 12.8. The van der Waals surface area contributed by atoms with Crippen molar-refractivity contribution < 1.29 is 9.85 Å². The van der Waals surface area contributed by atoms with Crippen molar-refractivity contribution >= 4 is 56.0 Å². The summed E-state index contributed by atoms with van der Waals surface area (Å²) in [7, 11) is 0. The van der Waals surface area contributed by atoms with Crippen LogP contribution in [0.4, 0.5) is 0 Å². The standard InChI is InChI=1S/C52H40N6O4/c59-57(60)39-23-17-33(18-24-39)46-32-47(34-19-25-40(26-20-34)58(61)62)54-52(53-46)37-9-8-12-41(29-37)56-48-15-6-4-13-42(48)44-27-21-36(31-51(44)56)35-22-28-50-45(30-35)43-14-5-7-16-49(43)55(50)38-10-2-1-3-11-38/h1-10,12-19,21,23,25,27-32,35,38-39H,11,20,22,24,26H2. The summed E-state index contributed by atoms with van der Waals surface area (Å²) in [5, 5.41) is 29.2. The van der Waals surface area contributed by atoms with E-state index in [1.54, 1.807) is 24.3 Å². The van der Waals surface area contributed by atoms with Crippen molar-refractivity contribution in [3.63, 3.8) is 0 Å². The average Bonchev–Trinajstić information content (AvgIpc) is 3.84. The molecule has 0 radical (unpaired) electrons. The van der Waals surface area contributed by atoms with Crippen LogP contribution in [0.2, 0.25) is 0 Å². The Balaban J connectivity index is 1.02. The lowest BCUT2D eigenvalue weighted by molar-refractivity contribution is -0.508. The van der Waals surface area contributed by atoms with Gasteiger partial charge in [0.2, 0.25) is 11.7 Å². The summed E-state index contributed by atoms with van der Waals surface area (Å²) in [6, 6.07) is 33.8. The Morgan fingerprint density at radius 3 is 2.29 bits per heavy atom. The molecule has 0 amide bonds. The van der Waals surface area contributed by atoms with E-state index in [-0.39, 0.29) is 33.9 Å². The molecule has 11 rings (SSSR count).